The van der Waals surface area contributed by atoms with Crippen molar-refractivity contribution >= 4 is 5.91 Å². The smallest absolute Gasteiger partial charge is 0.272 e. The van der Waals surface area contributed by atoms with Gasteiger partial charge in [-0.2, -0.15) is 0 Å². The van der Waals surface area contributed by atoms with Gasteiger partial charge in [0.05, 0.1) is 0 Å². The average Bonchev–Trinajstić information content (AvgIpc) is 2.77. The van der Waals surface area contributed by atoms with Gasteiger partial charge in [-0.05, 0) is 44.4 Å². The standard InChI is InChI=1S/C17H27N3O/c1-14-8-6-12-19-16(14)17(21)20(13-7-11-18)15-9-4-2-3-5-10-15/h6,8,12,15H,2-5,7,9-11,13,18H2,1H3. The Hall–Kier alpha value is -1.42. The molecule has 0 aliphatic heterocycles. The number of carbonyl (C=O) groups excluding carboxylic acids is 1. The number of amides is 1. The van der Waals surface area contributed by atoms with Crippen LogP contribution < -0.4 is 5.73 Å². The maximum absolute atomic E-state index is 12.9. The zero-order valence-electron chi connectivity index (χ0n) is 13.1. The van der Waals surface area contributed by atoms with Gasteiger partial charge in [0.2, 0.25) is 0 Å². The Balaban J connectivity index is 2.17. The third-order valence-corrected chi connectivity index (χ3v) is 4.34. The Morgan fingerprint density at radius 3 is 2.67 bits per heavy atom. The lowest BCUT2D eigenvalue weighted by atomic mass is 10.1. The van der Waals surface area contributed by atoms with Crippen LogP contribution in [0, 0.1) is 6.92 Å². The van der Waals surface area contributed by atoms with Crippen molar-refractivity contribution in [2.45, 2.75) is 57.9 Å². The summed E-state index contributed by atoms with van der Waals surface area (Å²) in [6.07, 6.45) is 9.81. The van der Waals surface area contributed by atoms with Gasteiger partial charge in [-0.1, -0.05) is 31.7 Å². The molecule has 4 nitrogen and oxygen atoms in total. The fraction of sp³-hybridized carbons (Fsp3) is 0.647. The maximum atomic E-state index is 12.9. The highest BCUT2D eigenvalue weighted by atomic mass is 16.2. The number of aryl methyl sites for hydroxylation is 1. The average molecular weight is 289 g/mol. The Kier molecular flexibility index (Phi) is 6.18. The third kappa shape index (κ3) is 4.27. The van der Waals surface area contributed by atoms with Crippen molar-refractivity contribution in [3.05, 3.63) is 29.6 Å². The first kappa shape index (κ1) is 16.0. The van der Waals surface area contributed by atoms with Crippen LogP contribution in [0.15, 0.2) is 18.3 Å². The molecular weight excluding hydrogens is 262 g/mol. The van der Waals surface area contributed by atoms with Crippen LogP contribution in [0.2, 0.25) is 0 Å². The van der Waals surface area contributed by atoms with E-state index in [0.29, 0.717) is 18.3 Å². The van der Waals surface area contributed by atoms with Gasteiger partial charge in [-0.15, -0.1) is 0 Å². The molecule has 0 radical (unpaired) electrons. The van der Waals surface area contributed by atoms with E-state index in [0.717, 1.165) is 31.4 Å². The largest absolute Gasteiger partial charge is 0.334 e. The van der Waals surface area contributed by atoms with E-state index < -0.39 is 0 Å². The molecule has 0 unspecified atom stereocenters. The van der Waals surface area contributed by atoms with Crippen molar-refractivity contribution in [1.29, 1.82) is 0 Å². The summed E-state index contributed by atoms with van der Waals surface area (Å²) in [6.45, 7) is 3.32. The minimum atomic E-state index is 0.0773. The summed E-state index contributed by atoms with van der Waals surface area (Å²) >= 11 is 0. The van der Waals surface area contributed by atoms with Gasteiger partial charge in [-0.3, -0.25) is 9.78 Å². The minimum Gasteiger partial charge on any atom is -0.334 e. The zero-order chi connectivity index (χ0) is 15.1. The molecule has 1 aliphatic rings. The molecule has 0 bridgehead atoms. The van der Waals surface area contributed by atoms with Gasteiger partial charge in [0.15, 0.2) is 0 Å². The van der Waals surface area contributed by atoms with E-state index in [-0.39, 0.29) is 5.91 Å². The van der Waals surface area contributed by atoms with Crippen molar-refractivity contribution in [2.75, 3.05) is 13.1 Å². The molecule has 1 fully saturated rings. The minimum absolute atomic E-state index is 0.0773. The first-order valence-electron chi connectivity index (χ1n) is 8.16. The van der Waals surface area contributed by atoms with Gasteiger partial charge in [0, 0.05) is 18.8 Å². The maximum Gasteiger partial charge on any atom is 0.272 e. The Morgan fingerprint density at radius 2 is 2.05 bits per heavy atom. The molecule has 1 aromatic heterocycles. The van der Waals surface area contributed by atoms with Crippen LogP contribution in [0.5, 0.6) is 0 Å². The van der Waals surface area contributed by atoms with Crippen LogP contribution in [0.25, 0.3) is 0 Å². The Bertz CT molecular complexity index is 453. The predicted molar refractivity (Wildman–Crippen MR) is 85.2 cm³/mol. The lowest BCUT2D eigenvalue weighted by Gasteiger charge is -2.31. The van der Waals surface area contributed by atoms with E-state index in [1.165, 1.54) is 25.7 Å². The Morgan fingerprint density at radius 1 is 1.33 bits per heavy atom. The molecule has 21 heavy (non-hydrogen) atoms. The molecule has 0 atom stereocenters. The van der Waals surface area contributed by atoms with Crippen molar-refractivity contribution in [3.8, 4) is 0 Å². The summed E-state index contributed by atoms with van der Waals surface area (Å²) in [5.74, 6) is 0.0773. The lowest BCUT2D eigenvalue weighted by molar-refractivity contribution is 0.0652. The SMILES string of the molecule is Cc1cccnc1C(=O)N(CCCN)C1CCCCCC1. The van der Waals surface area contributed by atoms with Crippen LogP contribution in [0.4, 0.5) is 0 Å². The molecular formula is C17H27N3O. The first-order valence-corrected chi connectivity index (χ1v) is 8.16. The summed E-state index contributed by atoms with van der Waals surface area (Å²) < 4.78 is 0. The Labute approximate surface area is 127 Å². The molecule has 1 aromatic rings. The predicted octanol–water partition coefficient (Wildman–Crippen LogP) is 2.90. The number of rotatable bonds is 5. The second-order valence-electron chi connectivity index (χ2n) is 5.96. The molecule has 1 amide bonds. The van der Waals surface area contributed by atoms with Crippen LogP contribution in [0.1, 0.15) is 61.0 Å². The van der Waals surface area contributed by atoms with Crippen LogP contribution in [0.3, 0.4) is 0 Å². The molecule has 2 rings (SSSR count). The van der Waals surface area contributed by atoms with Gasteiger partial charge < -0.3 is 10.6 Å². The zero-order valence-corrected chi connectivity index (χ0v) is 13.1. The second kappa shape index (κ2) is 8.13. The molecule has 0 aromatic carbocycles. The molecule has 0 spiro atoms. The van der Waals surface area contributed by atoms with Gasteiger partial charge in [0.1, 0.15) is 5.69 Å². The first-order chi connectivity index (χ1) is 10.2. The van der Waals surface area contributed by atoms with E-state index in [4.69, 9.17) is 5.73 Å². The van der Waals surface area contributed by atoms with Crippen molar-refractivity contribution in [3.63, 3.8) is 0 Å². The molecule has 1 heterocycles. The summed E-state index contributed by atoms with van der Waals surface area (Å²) in [5, 5.41) is 0. The second-order valence-corrected chi connectivity index (χ2v) is 5.96. The molecule has 4 heteroatoms. The van der Waals surface area contributed by atoms with Gasteiger partial charge in [-0.25, -0.2) is 0 Å². The number of nitrogens with zero attached hydrogens (tertiary/aromatic N) is 2. The normalized spacial score (nSPS) is 16.5. The third-order valence-electron chi connectivity index (χ3n) is 4.34. The molecule has 1 saturated carbocycles. The van der Waals surface area contributed by atoms with E-state index in [1.807, 2.05) is 24.0 Å². The highest BCUT2D eigenvalue weighted by Crippen LogP contribution is 2.23. The number of hydrogen-bond donors (Lipinski definition) is 1. The van der Waals surface area contributed by atoms with E-state index in [1.54, 1.807) is 6.20 Å². The topological polar surface area (TPSA) is 59.2 Å². The highest BCUT2D eigenvalue weighted by Gasteiger charge is 2.26. The number of nitrogens with two attached hydrogens (primary N) is 1. The van der Waals surface area contributed by atoms with Crippen molar-refractivity contribution in [2.24, 2.45) is 5.73 Å². The number of pyridine rings is 1. The summed E-state index contributed by atoms with van der Waals surface area (Å²) in [7, 11) is 0. The fourth-order valence-corrected chi connectivity index (χ4v) is 3.13. The van der Waals surface area contributed by atoms with Crippen molar-refractivity contribution < 1.29 is 4.79 Å². The van der Waals surface area contributed by atoms with Gasteiger partial charge in [0.25, 0.3) is 5.91 Å². The quantitative estimate of drug-likeness (QED) is 0.848. The summed E-state index contributed by atoms with van der Waals surface area (Å²) in [5.41, 5.74) is 7.20. The molecule has 116 valence electrons. The highest BCUT2D eigenvalue weighted by molar-refractivity contribution is 5.93. The van der Waals surface area contributed by atoms with Crippen LogP contribution in [-0.4, -0.2) is 34.9 Å². The summed E-state index contributed by atoms with van der Waals surface area (Å²) in [6, 6.07) is 4.18. The van der Waals surface area contributed by atoms with Crippen LogP contribution in [-0.2, 0) is 0 Å². The van der Waals surface area contributed by atoms with Gasteiger partial charge >= 0.3 is 0 Å². The fourth-order valence-electron chi connectivity index (χ4n) is 3.13. The summed E-state index contributed by atoms with van der Waals surface area (Å²) in [4.78, 5) is 19.2. The number of hydrogen-bond acceptors (Lipinski definition) is 3. The van der Waals surface area contributed by atoms with E-state index in [9.17, 15) is 4.79 Å². The monoisotopic (exact) mass is 289 g/mol. The lowest BCUT2D eigenvalue weighted by Crippen LogP contribution is -2.42. The van der Waals surface area contributed by atoms with E-state index >= 15 is 0 Å². The molecule has 2 N–H and O–H groups in total. The van der Waals surface area contributed by atoms with Crippen LogP contribution >= 0.6 is 0 Å². The van der Waals surface area contributed by atoms with E-state index in [2.05, 4.69) is 4.98 Å². The number of aromatic nitrogens is 1. The molecule has 1 aliphatic carbocycles. The number of carbonyl (C=O) groups is 1. The molecule has 0 saturated heterocycles. The van der Waals surface area contributed by atoms with Crippen molar-refractivity contribution in [1.82, 2.24) is 9.88 Å².